The summed E-state index contributed by atoms with van der Waals surface area (Å²) < 4.78 is 0. The number of carbonyl (C=O) groups excluding carboxylic acids is 1. The average molecular weight is 215 g/mol. The second kappa shape index (κ2) is 4.77. The highest BCUT2D eigenvalue weighted by molar-refractivity contribution is 5.89. The summed E-state index contributed by atoms with van der Waals surface area (Å²) in [6.45, 7) is 0.286. The van der Waals surface area contributed by atoms with Crippen molar-refractivity contribution in [3.05, 3.63) is 0 Å². The number of hydrogen-bond donors (Lipinski definition) is 3. The molecule has 6 nitrogen and oxygen atoms in total. The summed E-state index contributed by atoms with van der Waals surface area (Å²) in [5.74, 6) is -3.11. The maximum Gasteiger partial charge on any atom is 0.307 e. The first-order chi connectivity index (χ1) is 7.02. The van der Waals surface area contributed by atoms with Gasteiger partial charge in [-0.1, -0.05) is 0 Å². The molecule has 84 valence electrons. The lowest BCUT2D eigenvalue weighted by Gasteiger charge is -2.02. The lowest BCUT2D eigenvalue weighted by molar-refractivity contribution is -0.140. The van der Waals surface area contributed by atoms with E-state index < -0.39 is 23.8 Å². The second-order valence-electron chi connectivity index (χ2n) is 3.58. The van der Waals surface area contributed by atoms with Crippen molar-refractivity contribution >= 4 is 17.8 Å². The van der Waals surface area contributed by atoms with Crippen LogP contribution in [0, 0.1) is 11.8 Å². The third-order valence-electron chi connectivity index (χ3n) is 2.31. The van der Waals surface area contributed by atoms with E-state index in [1.54, 1.807) is 0 Å². The van der Waals surface area contributed by atoms with E-state index in [2.05, 4.69) is 5.32 Å². The molecule has 0 radical (unpaired) electrons. The van der Waals surface area contributed by atoms with Crippen LogP contribution in [0.25, 0.3) is 0 Å². The monoisotopic (exact) mass is 215 g/mol. The van der Waals surface area contributed by atoms with Gasteiger partial charge >= 0.3 is 11.9 Å². The SMILES string of the molecule is O=C(O)CCCNC(=O)[C@@H]1C[C@@H]1C(=O)O. The molecule has 3 N–H and O–H groups in total. The van der Waals surface area contributed by atoms with E-state index in [0.29, 0.717) is 12.8 Å². The Balaban J connectivity index is 2.10. The Labute approximate surface area is 86.3 Å². The van der Waals surface area contributed by atoms with Gasteiger partial charge in [-0.05, 0) is 12.8 Å². The first-order valence-corrected chi connectivity index (χ1v) is 4.74. The molecule has 1 aliphatic rings. The number of amides is 1. The minimum atomic E-state index is -0.944. The number of aliphatic carboxylic acids is 2. The zero-order chi connectivity index (χ0) is 11.4. The number of rotatable bonds is 6. The van der Waals surface area contributed by atoms with Crippen LogP contribution in [0.5, 0.6) is 0 Å². The van der Waals surface area contributed by atoms with E-state index in [0.717, 1.165) is 0 Å². The molecule has 6 heteroatoms. The van der Waals surface area contributed by atoms with Crippen molar-refractivity contribution in [2.24, 2.45) is 11.8 Å². The molecule has 1 aliphatic carbocycles. The molecule has 0 aromatic heterocycles. The third kappa shape index (κ3) is 3.57. The Hall–Kier alpha value is -1.59. The van der Waals surface area contributed by atoms with Crippen molar-refractivity contribution in [1.82, 2.24) is 5.32 Å². The lowest BCUT2D eigenvalue weighted by Crippen LogP contribution is -2.27. The normalized spacial score (nSPS) is 23.2. The molecule has 1 amide bonds. The average Bonchev–Trinajstić information content (AvgIpc) is 2.90. The minimum Gasteiger partial charge on any atom is -0.481 e. The van der Waals surface area contributed by atoms with Crippen LogP contribution < -0.4 is 5.32 Å². The largest absolute Gasteiger partial charge is 0.481 e. The molecule has 0 aromatic rings. The Morgan fingerprint density at radius 3 is 2.33 bits per heavy atom. The minimum absolute atomic E-state index is 0.00725. The molecule has 0 bridgehead atoms. The topological polar surface area (TPSA) is 104 Å². The summed E-state index contributed by atoms with van der Waals surface area (Å²) in [7, 11) is 0. The molecule has 0 unspecified atom stereocenters. The van der Waals surface area contributed by atoms with Crippen LogP contribution in [-0.2, 0) is 14.4 Å². The number of carbonyl (C=O) groups is 3. The summed E-state index contributed by atoms with van der Waals surface area (Å²) in [5.41, 5.74) is 0. The zero-order valence-corrected chi connectivity index (χ0v) is 8.10. The molecule has 0 aliphatic heterocycles. The number of nitrogens with one attached hydrogen (secondary N) is 1. The van der Waals surface area contributed by atoms with Gasteiger partial charge < -0.3 is 15.5 Å². The fourth-order valence-corrected chi connectivity index (χ4v) is 1.34. The first kappa shape index (κ1) is 11.5. The molecule has 1 fully saturated rings. The van der Waals surface area contributed by atoms with E-state index in [9.17, 15) is 14.4 Å². The van der Waals surface area contributed by atoms with Gasteiger partial charge in [0, 0.05) is 13.0 Å². The van der Waals surface area contributed by atoms with E-state index in [1.807, 2.05) is 0 Å². The van der Waals surface area contributed by atoms with Crippen LogP contribution in [-0.4, -0.2) is 34.6 Å². The smallest absolute Gasteiger partial charge is 0.307 e. The maximum atomic E-state index is 11.2. The van der Waals surface area contributed by atoms with Gasteiger partial charge in [-0.3, -0.25) is 14.4 Å². The van der Waals surface area contributed by atoms with Gasteiger partial charge in [0.15, 0.2) is 0 Å². The number of hydrogen-bond acceptors (Lipinski definition) is 3. The van der Waals surface area contributed by atoms with Gasteiger partial charge in [-0.15, -0.1) is 0 Å². The third-order valence-corrected chi connectivity index (χ3v) is 2.31. The molecule has 0 heterocycles. The standard InChI is InChI=1S/C9H13NO5/c11-7(12)2-1-3-10-8(13)5-4-6(5)9(14)15/h5-6H,1-4H2,(H,10,13)(H,11,12)(H,14,15)/t5-,6+/m1/s1. The van der Waals surface area contributed by atoms with Crippen molar-refractivity contribution in [3.8, 4) is 0 Å². The van der Waals surface area contributed by atoms with Crippen LogP contribution in [0.15, 0.2) is 0 Å². The number of carboxylic acid groups (broad SMARTS) is 2. The van der Waals surface area contributed by atoms with Crippen LogP contribution in [0.4, 0.5) is 0 Å². The summed E-state index contributed by atoms with van der Waals surface area (Å²) in [5, 5.41) is 19.4. The molecular formula is C9H13NO5. The van der Waals surface area contributed by atoms with Crippen molar-refractivity contribution in [2.75, 3.05) is 6.54 Å². The Bertz CT molecular complexity index is 288. The van der Waals surface area contributed by atoms with Gasteiger partial charge in [0.1, 0.15) is 0 Å². The Morgan fingerprint density at radius 1 is 1.20 bits per heavy atom. The summed E-state index contributed by atoms with van der Waals surface area (Å²) in [6, 6.07) is 0. The second-order valence-corrected chi connectivity index (χ2v) is 3.58. The molecule has 0 saturated heterocycles. The summed E-state index contributed by atoms with van der Waals surface area (Å²) in [6.07, 6.45) is 0.763. The maximum absolute atomic E-state index is 11.2. The Morgan fingerprint density at radius 2 is 1.87 bits per heavy atom. The molecule has 15 heavy (non-hydrogen) atoms. The van der Waals surface area contributed by atoms with Gasteiger partial charge in [-0.25, -0.2) is 0 Å². The van der Waals surface area contributed by atoms with Crippen LogP contribution in [0.3, 0.4) is 0 Å². The quantitative estimate of drug-likeness (QED) is 0.527. The fourth-order valence-electron chi connectivity index (χ4n) is 1.34. The molecule has 0 spiro atoms. The summed E-state index contributed by atoms with van der Waals surface area (Å²) in [4.78, 5) is 31.8. The highest BCUT2D eigenvalue weighted by atomic mass is 16.4. The predicted molar refractivity (Wildman–Crippen MR) is 49.1 cm³/mol. The molecule has 1 rings (SSSR count). The molecule has 2 atom stereocenters. The fraction of sp³-hybridized carbons (Fsp3) is 0.667. The molecular weight excluding hydrogens is 202 g/mol. The van der Waals surface area contributed by atoms with Crippen molar-refractivity contribution in [1.29, 1.82) is 0 Å². The van der Waals surface area contributed by atoms with E-state index in [4.69, 9.17) is 10.2 Å². The lowest BCUT2D eigenvalue weighted by atomic mass is 10.2. The van der Waals surface area contributed by atoms with Gasteiger partial charge in [0.2, 0.25) is 5.91 Å². The van der Waals surface area contributed by atoms with E-state index in [-0.39, 0.29) is 18.9 Å². The molecule has 1 saturated carbocycles. The zero-order valence-electron chi connectivity index (χ0n) is 8.10. The van der Waals surface area contributed by atoms with Gasteiger partial charge in [-0.2, -0.15) is 0 Å². The van der Waals surface area contributed by atoms with Crippen molar-refractivity contribution < 1.29 is 24.6 Å². The Kier molecular flexibility index (Phi) is 3.65. The summed E-state index contributed by atoms with van der Waals surface area (Å²) >= 11 is 0. The van der Waals surface area contributed by atoms with Crippen molar-refractivity contribution in [2.45, 2.75) is 19.3 Å². The van der Waals surface area contributed by atoms with Crippen LogP contribution >= 0.6 is 0 Å². The van der Waals surface area contributed by atoms with Crippen LogP contribution in [0.1, 0.15) is 19.3 Å². The van der Waals surface area contributed by atoms with E-state index in [1.165, 1.54) is 0 Å². The highest BCUT2D eigenvalue weighted by Gasteiger charge is 2.48. The first-order valence-electron chi connectivity index (χ1n) is 4.74. The van der Waals surface area contributed by atoms with Crippen LogP contribution in [0.2, 0.25) is 0 Å². The van der Waals surface area contributed by atoms with Crippen molar-refractivity contribution in [3.63, 3.8) is 0 Å². The van der Waals surface area contributed by atoms with Gasteiger partial charge in [0.05, 0.1) is 11.8 Å². The molecule has 0 aromatic carbocycles. The van der Waals surface area contributed by atoms with E-state index >= 15 is 0 Å². The van der Waals surface area contributed by atoms with Gasteiger partial charge in [0.25, 0.3) is 0 Å². The highest BCUT2D eigenvalue weighted by Crippen LogP contribution is 2.38. The number of carboxylic acids is 2. The predicted octanol–water partition coefficient (Wildman–Crippen LogP) is -0.312.